The molecule has 0 aromatic rings. The number of carbonyl (C=O) groups is 1. The van der Waals surface area contributed by atoms with E-state index >= 15 is 0 Å². The number of ether oxygens (including phenoxy) is 1. The molecule has 0 aliphatic carbocycles. The van der Waals surface area contributed by atoms with Gasteiger partial charge in [-0.2, -0.15) is 8.42 Å². The maximum absolute atomic E-state index is 11.7. The molecule has 0 aromatic heterocycles. The fourth-order valence-corrected chi connectivity index (χ4v) is 2.07. The topological polar surface area (TPSA) is 81.7 Å². The van der Waals surface area contributed by atoms with E-state index in [4.69, 9.17) is 4.74 Å². The van der Waals surface area contributed by atoms with Crippen LogP contribution in [0.2, 0.25) is 0 Å². The lowest BCUT2D eigenvalue weighted by molar-refractivity contribution is 0.0497. The van der Waals surface area contributed by atoms with Gasteiger partial charge in [-0.25, -0.2) is 4.79 Å². The van der Waals surface area contributed by atoms with Crippen molar-refractivity contribution in [1.29, 1.82) is 0 Å². The third kappa shape index (κ3) is 12.2. The van der Waals surface area contributed by atoms with E-state index in [1.165, 1.54) is 0 Å². The van der Waals surface area contributed by atoms with Gasteiger partial charge >= 0.3 is 6.09 Å². The molecule has 7 heteroatoms. The Morgan fingerprint density at radius 2 is 1.85 bits per heavy atom. The first-order chi connectivity index (χ1) is 9.03. The van der Waals surface area contributed by atoms with Gasteiger partial charge in [0.2, 0.25) is 0 Å². The summed E-state index contributed by atoms with van der Waals surface area (Å²) < 4.78 is 31.5. The molecule has 0 aliphatic heterocycles. The Bertz CT molecular complexity index is 386. The highest BCUT2D eigenvalue weighted by molar-refractivity contribution is 7.85. The van der Waals surface area contributed by atoms with E-state index in [2.05, 4.69) is 9.50 Å². The molecule has 120 valence electrons. The summed E-state index contributed by atoms with van der Waals surface area (Å²) in [6.07, 6.45) is 3.54. The van der Waals surface area contributed by atoms with Gasteiger partial charge in [0.1, 0.15) is 5.60 Å². The molecule has 6 nitrogen and oxygen atoms in total. The number of hydrogen-bond donors (Lipinski definition) is 1. The molecule has 1 N–H and O–H groups in total. The Kier molecular flexibility index (Phi) is 8.12. The van der Waals surface area contributed by atoms with Gasteiger partial charge in [-0.3, -0.25) is 4.18 Å². The molecule has 0 rings (SSSR count). The smallest absolute Gasteiger partial charge is 0.407 e. The molecule has 20 heavy (non-hydrogen) atoms. The Labute approximate surface area is 122 Å². The van der Waals surface area contributed by atoms with E-state index in [1.807, 2.05) is 6.92 Å². The van der Waals surface area contributed by atoms with Gasteiger partial charge in [0, 0.05) is 6.04 Å². The number of nitrogens with one attached hydrogen (secondary N) is 1. The van der Waals surface area contributed by atoms with Crippen molar-refractivity contribution in [1.82, 2.24) is 5.32 Å². The summed E-state index contributed by atoms with van der Waals surface area (Å²) >= 11 is 0. The number of alkyl carbamates (subject to hydrolysis) is 1. The lowest BCUT2D eigenvalue weighted by atomic mass is 10.1. The molecule has 1 unspecified atom stereocenters. The van der Waals surface area contributed by atoms with E-state index in [1.54, 1.807) is 20.8 Å². The van der Waals surface area contributed by atoms with Crippen molar-refractivity contribution in [2.24, 2.45) is 0 Å². The van der Waals surface area contributed by atoms with E-state index in [9.17, 15) is 13.2 Å². The van der Waals surface area contributed by atoms with Crippen LogP contribution < -0.4 is 5.32 Å². The summed E-state index contributed by atoms with van der Waals surface area (Å²) in [4.78, 5) is 11.7. The van der Waals surface area contributed by atoms with Crippen molar-refractivity contribution < 1.29 is 22.1 Å². The second kappa shape index (κ2) is 8.46. The summed E-state index contributed by atoms with van der Waals surface area (Å²) in [5, 5.41) is 2.81. The standard InChI is InChI=1S/C13H27NO5S/c1-6-8-11(9-7-10-18-20(5,16)17)14-12(15)19-13(2,3)4/h11H,6-10H2,1-5H3,(H,14,15). The van der Waals surface area contributed by atoms with Crippen LogP contribution in [0.4, 0.5) is 4.79 Å². The fourth-order valence-electron chi connectivity index (χ4n) is 1.65. The molecular weight excluding hydrogens is 282 g/mol. The normalized spacial score (nSPS) is 13.8. The maximum atomic E-state index is 11.7. The van der Waals surface area contributed by atoms with Crippen molar-refractivity contribution >= 4 is 16.2 Å². The molecule has 0 spiro atoms. The summed E-state index contributed by atoms with van der Waals surface area (Å²) in [6.45, 7) is 7.58. The summed E-state index contributed by atoms with van der Waals surface area (Å²) in [5.41, 5.74) is -0.528. The monoisotopic (exact) mass is 309 g/mol. The van der Waals surface area contributed by atoms with E-state index in [-0.39, 0.29) is 12.6 Å². The second-order valence-electron chi connectivity index (χ2n) is 5.80. The van der Waals surface area contributed by atoms with Crippen LogP contribution in [-0.2, 0) is 19.0 Å². The number of amides is 1. The molecule has 0 bridgehead atoms. The largest absolute Gasteiger partial charge is 0.444 e. The van der Waals surface area contributed by atoms with Crippen molar-refractivity contribution in [3.63, 3.8) is 0 Å². The molecule has 1 amide bonds. The van der Waals surface area contributed by atoms with Crippen LogP contribution in [0.5, 0.6) is 0 Å². The molecule has 0 saturated carbocycles. The average Bonchev–Trinajstić information content (AvgIpc) is 2.20. The van der Waals surface area contributed by atoms with E-state index < -0.39 is 21.8 Å². The Morgan fingerprint density at radius 3 is 2.30 bits per heavy atom. The zero-order valence-electron chi connectivity index (χ0n) is 13.1. The number of rotatable bonds is 8. The van der Waals surface area contributed by atoms with Crippen molar-refractivity contribution in [2.75, 3.05) is 12.9 Å². The number of hydrogen-bond acceptors (Lipinski definition) is 5. The molecule has 0 aromatic carbocycles. The number of carbonyl (C=O) groups excluding carboxylic acids is 1. The molecule has 1 atom stereocenters. The van der Waals surface area contributed by atoms with Crippen molar-refractivity contribution in [3.8, 4) is 0 Å². The molecule has 0 saturated heterocycles. The summed E-state index contributed by atoms with van der Waals surface area (Å²) in [7, 11) is -3.39. The first kappa shape index (κ1) is 19.2. The second-order valence-corrected chi connectivity index (χ2v) is 7.44. The minimum absolute atomic E-state index is 0.0296. The molecule has 0 fully saturated rings. The minimum Gasteiger partial charge on any atom is -0.444 e. The van der Waals surface area contributed by atoms with Gasteiger partial charge in [-0.05, 0) is 40.0 Å². The fraction of sp³-hybridized carbons (Fsp3) is 0.923. The van der Waals surface area contributed by atoms with Gasteiger partial charge in [0.05, 0.1) is 12.9 Å². The third-order valence-electron chi connectivity index (χ3n) is 2.35. The molecule has 0 aliphatic rings. The van der Waals surface area contributed by atoms with Gasteiger partial charge in [-0.15, -0.1) is 0 Å². The van der Waals surface area contributed by atoms with Gasteiger partial charge in [-0.1, -0.05) is 13.3 Å². The average molecular weight is 309 g/mol. The third-order valence-corrected chi connectivity index (χ3v) is 2.95. The zero-order valence-corrected chi connectivity index (χ0v) is 13.9. The molecule has 0 radical (unpaired) electrons. The van der Waals surface area contributed by atoms with Crippen LogP contribution >= 0.6 is 0 Å². The Balaban J connectivity index is 4.13. The highest BCUT2D eigenvalue weighted by Gasteiger charge is 2.19. The first-order valence-corrected chi connectivity index (χ1v) is 8.69. The molecular formula is C13H27NO5S. The summed E-state index contributed by atoms with van der Waals surface area (Å²) in [6, 6.07) is -0.0296. The van der Waals surface area contributed by atoms with E-state index in [0.29, 0.717) is 12.8 Å². The maximum Gasteiger partial charge on any atom is 0.407 e. The van der Waals surface area contributed by atoms with Crippen LogP contribution in [-0.4, -0.2) is 39.0 Å². The minimum atomic E-state index is -3.39. The predicted octanol–water partition coefficient (Wildman–Crippen LogP) is 2.44. The van der Waals surface area contributed by atoms with Crippen LogP contribution in [0, 0.1) is 0 Å². The van der Waals surface area contributed by atoms with Crippen molar-refractivity contribution in [2.45, 2.75) is 65.0 Å². The van der Waals surface area contributed by atoms with Crippen LogP contribution in [0.3, 0.4) is 0 Å². The zero-order chi connectivity index (χ0) is 15.8. The van der Waals surface area contributed by atoms with Crippen molar-refractivity contribution in [3.05, 3.63) is 0 Å². The Morgan fingerprint density at radius 1 is 1.25 bits per heavy atom. The lowest BCUT2D eigenvalue weighted by Crippen LogP contribution is -2.39. The lowest BCUT2D eigenvalue weighted by Gasteiger charge is -2.23. The van der Waals surface area contributed by atoms with Gasteiger partial charge in [0.15, 0.2) is 0 Å². The van der Waals surface area contributed by atoms with E-state index in [0.717, 1.165) is 19.1 Å². The predicted molar refractivity (Wildman–Crippen MR) is 78.1 cm³/mol. The van der Waals surface area contributed by atoms with Crippen LogP contribution in [0.25, 0.3) is 0 Å². The highest BCUT2D eigenvalue weighted by Crippen LogP contribution is 2.10. The highest BCUT2D eigenvalue weighted by atomic mass is 32.2. The SMILES string of the molecule is CCCC(CCCOS(C)(=O)=O)NC(=O)OC(C)(C)C. The molecule has 0 heterocycles. The van der Waals surface area contributed by atoms with Gasteiger partial charge < -0.3 is 10.1 Å². The first-order valence-electron chi connectivity index (χ1n) is 6.87. The summed E-state index contributed by atoms with van der Waals surface area (Å²) in [5.74, 6) is 0. The van der Waals surface area contributed by atoms with Crippen LogP contribution in [0.15, 0.2) is 0 Å². The Hall–Kier alpha value is -0.820. The quantitative estimate of drug-likeness (QED) is 0.550. The van der Waals surface area contributed by atoms with Gasteiger partial charge in [0.25, 0.3) is 10.1 Å². The van der Waals surface area contributed by atoms with Crippen LogP contribution in [0.1, 0.15) is 53.4 Å².